The fourth-order valence-corrected chi connectivity index (χ4v) is 3.19. The third-order valence-electron chi connectivity index (χ3n) is 4.74. The summed E-state index contributed by atoms with van der Waals surface area (Å²) in [6.45, 7) is 5.89. The van der Waals surface area contributed by atoms with Crippen molar-refractivity contribution in [2.45, 2.75) is 32.6 Å². The summed E-state index contributed by atoms with van der Waals surface area (Å²) in [7, 11) is 0. The average molecular weight is 338 g/mol. The van der Waals surface area contributed by atoms with Crippen LogP contribution in [-0.2, 0) is 11.3 Å². The molecule has 25 heavy (non-hydrogen) atoms. The van der Waals surface area contributed by atoms with Crippen LogP contribution in [0.1, 0.15) is 41.4 Å². The number of morpholine rings is 1. The zero-order valence-corrected chi connectivity index (χ0v) is 14.9. The zero-order chi connectivity index (χ0) is 17.8. The number of amides is 1. The Morgan fingerprint density at radius 1 is 1.16 bits per heavy atom. The van der Waals surface area contributed by atoms with Gasteiger partial charge in [0.15, 0.2) is 0 Å². The normalized spacial score (nSPS) is 20.7. The summed E-state index contributed by atoms with van der Waals surface area (Å²) in [6, 6.07) is 17.7. The van der Waals surface area contributed by atoms with E-state index in [4.69, 9.17) is 10.5 Å². The molecule has 1 aliphatic heterocycles. The lowest BCUT2D eigenvalue weighted by molar-refractivity contribution is -0.0954. The average Bonchev–Trinajstić information content (AvgIpc) is 2.67. The van der Waals surface area contributed by atoms with Crippen molar-refractivity contribution in [1.29, 1.82) is 0 Å². The fraction of sp³-hybridized carbons (Fsp3) is 0.381. The van der Waals surface area contributed by atoms with Crippen LogP contribution in [0, 0.1) is 5.92 Å². The maximum absolute atomic E-state index is 13.0. The number of nitrogens with two attached hydrogens (primary N) is 1. The Bertz CT molecular complexity index is 715. The third-order valence-corrected chi connectivity index (χ3v) is 4.74. The Labute approximate surface area is 149 Å². The van der Waals surface area contributed by atoms with E-state index < -0.39 is 0 Å². The molecule has 0 aliphatic carbocycles. The molecule has 2 unspecified atom stereocenters. The Kier molecular flexibility index (Phi) is 5.51. The highest BCUT2D eigenvalue weighted by molar-refractivity contribution is 5.94. The molecule has 0 radical (unpaired) electrons. The second-order valence-corrected chi connectivity index (χ2v) is 6.93. The van der Waals surface area contributed by atoms with E-state index in [9.17, 15) is 4.79 Å². The summed E-state index contributed by atoms with van der Waals surface area (Å²) in [5, 5.41) is 0. The van der Waals surface area contributed by atoms with Gasteiger partial charge in [0, 0.05) is 18.7 Å². The smallest absolute Gasteiger partial charge is 0.254 e. The summed E-state index contributed by atoms with van der Waals surface area (Å²) in [5.41, 5.74) is 8.49. The fourth-order valence-electron chi connectivity index (χ4n) is 3.19. The van der Waals surface area contributed by atoms with E-state index in [1.165, 1.54) is 0 Å². The van der Waals surface area contributed by atoms with Crippen LogP contribution in [0.15, 0.2) is 54.6 Å². The van der Waals surface area contributed by atoms with Crippen molar-refractivity contribution in [3.8, 4) is 0 Å². The van der Waals surface area contributed by atoms with E-state index >= 15 is 0 Å². The number of hydrogen-bond acceptors (Lipinski definition) is 3. The van der Waals surface area contributed by atoms with E-state index in [2.05, 4.69) is 26.0 Å². The summed E-state index contributed by atoms with van der Waals surface area (Å²) < 4.78 is 6.28. The first-order chi connectivity index (χ1) is 12.1. The molecule has 0 aromatic heterocycles. The quantitative estimate of drug-likeness (QED) is 0.930. The van der Waals surface area contributed by atoms with Crippen LogP contribution >= 0.6 is 0 Å². The van der Waals surface area contributed by atoms with Crippen molar-refractivity contribution in [2.75, 3.05) is 13.1 Å². The molecule has 4 nitrogen and oxygen atoms in total. The Balaban J connectivity index is 1.84. The molecule has 3 rings (SSSR count). The highest BCUT2D eigenvalue weighted by Crippen LogP contribution is 2.29. The highest BCUT2D eigenvalue weighted by atomic mass is 16.5. The molecule has 2 N–H and O–H groups in total. The second-order valence-electron chi connectivity index (χ2n) is 6.93. The van der Waals surface area contributed by atoms with Crippen LogP contribution in [0.4, 0.5) is 0 Å². The minimum atomic E-state index is -0.0935. The molecule has 132 valence electrons. The molecular formula is C21H26N2O2. The van der Waals surface area contributed by atoms with Crippen molar-refractivity contribution < 1.29 is 9.53 Å². The van der Waals surface area contributed by atoms with Gasteiger partial charge < -0.3 is 15.4 Å². The van der Waals surface area contributed by atoms with Gasteiger partial charge in [0.1, 0.15) is 6.10 Å². The van der Waals surface area contributed by atoms with Gasteiger partial charge in [-0.25, -0.2) is 0 Å². The van der Waals surface area contributed by atoms with Gasteiger partial charge in [-0.05, 0) is 29.2 Å². The molecule has 2 aromatic rings. The number of carbonyl (C=O) groups is 1. The lowest BCUT2D eigenvalue weighted by Gasteiger charge is -2.40. The van der Waals surface area contributed by atoms with Gasteiger partial charge in [0.05, 0.1) is 12.6 Å². The lowest BCUT2D eigenvalue weighted by atomic mass is 10.00. The molecule has 1 saturated heterocycles. The van der Waals surface area contributed by atoms with Gasteiger partial charge in [-0.2, -0.15) is 0 Å². The molecule has 1 aliphatic rings. The van der Waals surface area contributed by atoms with E-state index in [1.807, 2.05) is 47.4 Å². The molecule has 1 heterocycles. The largest absolute Gasteiger partial charge is 0.366 e. The van der Waals surface area contributed by atoms with Crippen LogP contribution in [0.25, 0.3) is 0 Å². The molecule has 4 heteroatoms. The van der Waals surface area contributed by atoms with Gasteiger partial charge in [-0.3, -0.25) is 4.79 Å². The summed E-state index contributed by atoms with van der Waals surface area (Å²) in [4.78, 5) is 15.0. The van der Waals surface area contributed by atoms with Gasteiger partial charge in [-0.15, -0.1) is 0 Å². The second kappa shape index (κ2) is 7.81. The van der Waals surface area contributed by atoms with Crippen molar-refractivity contribution in [3.63, 3.8) is 0 Å². The predicted octanol–water partition coefficient (Wildman–Crippen LogP) is 3.38. The number of hydrogen-bond donors (Lipinski definition) is 1. The Hall–Kier alpha value is -2.17. The minimum Gasteiger partial charge on any atom is -0.366 e. The van der Waals surface area contributed by atoms with Gasteiger partial charge in [-0.1, -0.05) is 56.3 Å². The van der Waals surface area contributed by atoms with Crippen molar-refractivity contribution in [1.82, 2.24) is 4.90 Å². The predicted molar refractivity (Wildman–Crippen MR) is 99.1 cm³/mol. The molecular weight excluding hydrogens is 312 g/mol. The van der Waals surface area contributed by atoms with Gasteiger partial charge in [0.2, 0.25) is 0 Å². The van der Waals surface area contributed by atoms with E-state index in [1.54, 1.807) is 0 Å². The molecule has 0 saturated carbocycles. The molecule has 0 spiro atoms. The summed E-state index contributed by atoms with van der Waals surface area (Å²) in [5.74, 6) is 0.391. The number of ether oxygens (including phenoxy) is 1. The van der Waals surface area contributed by atoms with Gasteiger partial charge >= 0.3 is 0 Å². The number of nitrogens with zero attached hydrogens (tertiary/aromatic N) is 1. The first-order valence-corrected chi connectivity index (χ1v) is 8.87. The van der Waals surface area contributed by atoms with Crippen molar-refractivity contribution in [3.05, 3.63) is 71.3 Å². The Morgan fingerprint density at radius 2 is 1.92 bits per heavy atom. The van der Waals surface area contributed by atoms with Crippen LogP contribution in [0.3, 0.4) is 0 Å². The van der Waals surface area contributed by atoms with Crippen molar-refractivity contribution >= 4 is 5.91 Å². The van der Waals surface area contributed by atoms with E-state index in [0.29, 0.717) is 31.1 Å². The highest BCUT2D eigenvalue weighted by Gasteiger charge is 2.33. The van der Waals surface area contributed by atoms with E-state index in [-0.39, 0.29) is 18.1 Å². The lowest BCUT2D eigenvalue weighted by Crippen LogP contribution is -2.48. The minimum absolute atomic E-state index is 0.0283. The van der Waals surface area contributed by atoms with Crippen molar-refractivity contribution in [2.24, 2.45) is 11.7 Å². The SMILES string of the molecule is CC(C)C1CN(C(=O)c2cccc(CN)c2)CC(c2ccccc2)O1. The Morgan fingerprint density at radius 3 is 2.60 bits per heavy atom. The molecule has 0 bridgehead atoms. The number of rotatable bonds is 4. The first kappa shape index (κ1) is 17.6. The summed E-state index contributed by atoms with van der Waals surface area (Å²) in [6.07, 6.45) is -0.0652. The van der Waals surface area contributed by atoms with Crippen LogP contribution in [-0.4, -0.2) is 30.0 Å². The topological polar surface area (TPSA) is 55.6 Å². The molecule has 2 aromatic carbocycles. The maximum atomic E-state index is 13.0. The summed E-state index contributed by atoms with van der Waals surface area (Å²) >= 11 is 0. The number of benzene rings is 2. The molecule has 1 amide bonds. The maximum Gasteiger partial charge on any atom is 0.254 e. The first-order valence-electron chi connectivity index (χ1n) is 8.87. The van der Waals surface area contributed by atoms with Crippen LogP contribution in [0.2, 0.25) is 0 Å². The molecule has 1 fully saturated rings. The monoisotopic (exact) mass is 338 g/mol. The van der Waals surface area contributed by atoms with Gasteiger partial charge in [0.25, 0.3) is 5.91 Å². The zero-order valence-electron chi connectivity index (χ0n) is 14.9. The van der Waals surface area contributed by atoms with Crippen LogP contribution < -0.4 is 5.73 Å². The molecule has 2 atom stereocenters. The van der Waals surface area contributed by atoms with E-state index in [0.717, 1.165) is 11.1 Å². The third kappa shape index (κ3) is 4.09. The van der Waals surface area contributed by atoms with Crippen LogP contribution in [0.5, 0.6) is 0 Å². The number of carbonyl (C=O) groups excluding carboxylic acids is 1. The standard InChI is InChI=1S/C21H26N2O2/c1-15(2)19-13-23(14-20(25-19)17-8-4-3-5-9-17)21(24)18-10-6-7-16(11-18)12-22/h3-11,15,19-20H,12-14,22H2,1-2H3.